The lowest BCUT2D eigenvalue weighted by molar-refractivity contribution is 0.185. The Morgan fingerprint density at radius 3 is 2.68 bits per heavy atom. The van der Waals surface area contributed by atoms with E-state index >= 15 is 0 Å². The van der Waals surface area contributed by atoms with E-state index in [9.17, 15) is 9.46 Å². The Bertz CT molecular complexity index is 501. The summed E-state index contributed by atoms with van der Waals surface area (Å²) in [5, 5.41) is 0. The van der Waals surface area contributed by atoms with Crippen LogP contribution in [0.4, 0.5) is 0 Å². The Morgan fingerprint density at radius 1 is 1.63 bits per heavy atom. The number of rotatable bonds is 6. The molecule has 0 radical (unpaired) electrons. The molecule has 0 saturated carbocycles. The molecule has 7 heteroatoms. The zero-order valence-corrected chi connectivity index (χ0v) is 13.9. The Balaban J connectivity index is 3.07. The average molecular weight is 324 g/mol. The third kappa shape index (κ3) is 4.93. The van der Waals surface area contributed by atoms with Crippen LogP contribution < -0.4 is 0 Å². The van der Waals surface area contributed by atoms with Crippen LogP contribution >= 0.6 is 30.5 Å². The summed E-state index contributed by atoms with van der Waals surface area (Å²) < 4.78 is 18.2. The van der Waals surface area contributed by atoms with E-state index < -0.39 is 7.60 Å². The summed E-state index contributed by atoms with van der Waals surface area (Å²) in [6.07, 6.45) is 2.04. The monoisotopic (exact) mass is 323 g/mol. The van der Waals surface area contributed by atoms with Gasteiger partial charge >= 0.3 is 7.60 Å². The first-order valence-corrected chi connectivity index (χ1v) is 8.69. The molecule has 108 valence electrons. The Kier molecular flexibility index (Phi) is 6.09. The molecule has 1 aromatic heterocycles. The fourth-order valence-electron chi connectivity index (χ4n) is 1.37. The molecule has 1 rings (SSSR count). The SMILES string of the molecule is CCC(C)OP(=O)(O)C(=Cc1ccc(Cl)s1)N(C)C. The Hall–Kier alpha value is -0.320. The fraction of sp³-hybridized carbons (Fsp3) is 0.500. The topological polar surface area (TPSA) is 49.8 Å². The summed E-state index contributed by atoms with van der Waals surface area (Å²) in [6, 6.07) is 3.56. The highest BCUT2D eigenvalue weighted by Gasteiger charge is 2.29. The summed E-state index contributed by atoms with van der Waals surface area (Å²) in [5.41, 5.74) is 0.256. The molecular weight excluding hydrogens is 305 g/mol. The zero-order chi connectivity index (χ0) is 14.6. The first kappa shape index (κ1) is 16.7. The lowest BCUT2D eigenvalue weighted by Gasteiger charge is -2.24. The smallest absolute Gasteiger partial charge is 0.371 e. The maximum Gasteiger partial charge on any atom is 0.374 e. The molecule has 19 heavy (non-hydrogen) atoms. The van der Waals surface area contributed by atoms with Crippen LogP contribution in [0.2, 0.25) is 4.34 Å². The Labute approximate surface area is 123 Å². The van der Waals surface area contributed by atoms with Crippen molar-refractivity contribution in [3.63, 3.8) is 0 Å². The second kappa shape index (κ2) is 6.91. The summed E-state index contributed by atoms with van der Waals surface area (Å²) in [5.74, 6) is 0. The molecule has 0 amide bonds. The van der Waals surface area contributed by atoms with E-state index in [0.717, 1.165) is 4.88 Å². The molecule has 1 heterocycles. The van der Waals surface area contributed by atoms with Crippen molar-refractivity contribution in [2.24, 2.45) is 0 Å². The van der Waals surface area contributed by atoms with E-state index in [0.29, 0.717) is 10.8 Å². The standard InChI is InChI=1S/C12H19ClNO3PS/c1-5-9(2)17-18(15,16)12(14(3)4)8-10-6-7-11(13)19-10/h6-9H,5H2,1-4H3,(H,15,16). The molecule has 0 aliphatic rings. The van der Waals surface area contributed by atoms with Gasteiger partial charge in [-0.25, -0.2) is 0 Å². The lowest BCUT2D eigenvalue weighted by Crippen LogP contribution is -2.15. The number of thiophene rings is 1. The molecular formula is C12H19ClNO3PS. The van der Waals surface area contributed by atoms with Crippen molar-refractivity contribution in [2.45, 2.75) is 26.4 Å². The van der Waals surface area contributed by atoms with Gasteiger partial charge in [-0.2, -0.15) is 0 Å². The summed E-state index contributed by atoms with van der Waals surface area (Å²) in [7, 11) is -0.413. The molecule has 2 unspecified atom stereocenters. The van der Waals surface area contributed by atoms with Gasteiger partial charge < -0.3 is 14.3 Å². The highest BCUT2D eigenvalue weighted by atomic mass is 35.5. The normalized spacial score (nSPS) is 17.1. The van der Waals surface area contributed by atoms with Gasteiger partial charge in [0.2, 0.25) is 0 Å². The molecule has 1 N–H and O–H groups in total. The zero-order valence-electron chi connectivity index (χ0n) is 11.5. The highest BCUT2D eigenvalue weighted by molar-refractivity contribution is 7.57. The number of hydrogen-bond acceptors (Lipinski definition) is 4. The van der Waals surface area contributed by atoms with Gasteiger partial charge in [-0.05, 0) is 31.6 Å². The molecule has 0 saturated heterocycles. The van der Waals surface area contributed by atoms with Gasteiger partial charge in [-0.3, -0.25) is 4.57 Å². The van der Waals surface area contributed by atoms with Gasteiger partial charge in [-0.15, -0.1) is 11.3 Å². The lowest BCUT2D eigenvalue weighted by atomic mass is 10.3. The molecule has 0 aliphatic carbocycles. The van der Waals surface area contributed by atoms with Gasteiger partial charge in [0.1, 0.15) is 5.44 Å². The first-order chi connectivity index (χ1) is 8.76. The summed E-state index contributed by atoms with van der Waals surface area (Å²) in [4.78, 5) is 12.5. The first-order valence-electron chi connectivity index (χ1n) is 5.92. The summed E-state index contributed by atoms with van der Waals surface area (Å²) >= 11 is 7.21. The van der Waals surface area contributed by atoms with Crippen molar-refractivity contribution in [2.75, 3.05) is 14.1 Å². The van der Waals surface area contributed by atoms with Crippen molar-refractivity contribution < 1.29 is 14.0 Å². The van der Waals surface area contributed by atoms with E-state index in [-0.39, 0.29) is 11.5 Å². The van der Waals surface area contributed by atoms with Crippen LogP contribution in [0.25, 0.3) is 6.08 Å². The number of halogens is 1. The van der Waals surface area contributed by atoms with Gasteiger partial charge in [-0.1, -0.05) is 18.5 Å². The number of nitrogens with zero attached hydrogens (tertiary/aromatic N) is 1. The van der Waals surface area contributed by atoms with Crippen molar-refractivity contribution >= 4 is 36.6 Å². The molecule has 0 spiro atoms. The fourth-order valence-corrected chi connectivity index (χ4v) is 4.01. The Morgan fingerprint density at radius 2 is 2.26 bits per heavy atom. The van der Waals surface area contributed by atoms with E-state index in [1.54, 1.807) is 44.1 Å². The van der Waals surface area contributed by atoms with E-state index in [4.69, 9.17) is 16.1 Å². The quantitative estimate of drug-likeness (QED) is 0.795. The average Bonchev–Trinajstić information content (AvgIpc) is 2.70. The van der Waals surface area contributed by atoms with Gasteiger partial charge in [0, 0.05) is 19.0 Å². The van der Waals surface area contributed by atoms with Crippen molar-refractivity contribution in [1.29, 1.82) is 0 Å². The largest absolute Gasteiger partial charge is 0.374 e. The third-order valence-electron chi connectivity index (χ3n) is 2.51. The molecule has 0 aliphatic heterocycles. The van der Waals surface area contributed by atoms with Crippen molar-refractivity contribution in [3.8, 4) is 0 Å². The minimum Gasteiger partial charge on any atom is -0.371 e. The van der Waals surface area contributed by atoms with Crippen LogP contribution in [0.1, 0.15) is 25.1 Å². The van der Waals surface area contributed by atoms with Gasteiger partial charge in [0.05, 0.1) is 10.4 Å². The van der Waals surface area contributed by atoms with Crippen LogP contribution in [0.5, 0.6) is 0 Å². The predicted octanol–water partition coefficient (Wildman–Crippen LogP) is 4.26. The van der Waals surface area contributed by atoms with Crippen LogP contribution in [-0.4, -0.2) is 30.0 Å². The van der Waals surface area contributed by atoms with Crippen molar-refractivity contribution in [1.82, 2.24) is 4.90 Å². The van der Waals surface area contributed by atoms with Crippen molar-refractivity contribution in [3.05, 3.63) is 26.8 Å². The van der Waals surface area contributed by atoms with Crippen LogP contribution in [0.15, 0.2) is 17.6 Å². The molecule has 1 aromatic rings. The van der Waals surface area contributed by atoms with Crippen LogP contribution in [-0.2, 0) is 9.09 Å². The predicted molar refractivity (Wildman–Crippen MR) is 81.7 cm³/mol. The van der Waals surface area contributed by atoms with Crippen LogP contribution in [0, 0.1) is 0 Å². The maximum atomic E-state index is 12.3. The van der Waals surface area contributed by atoms with Gasteiger partial charge in [0.15, 0.2) is 0 Å². The highest BCUT2D eigenvalue weighted by Crippen LogP contribution is 2.53. The molecule has 4 nitrogen and oxygen atoms in total. The molecule has 0 fully saturated rings. The number of hydrogen-bond donors (Lipinski definition) is 1. The third-order valence-corrected chi connectivity index (χ3v) is 5.44. The van der Waals surface area contributed by atoms with E-state index in [2.05, 4.69) is 0 Å². The second-order valence-electron chi connectivity index (χ2n) is 4.38. The molecule has 2 atom stereocenters. The minimum atomic E-state index is -3.84. The second-order valence-corrected chi connectivity index (χ2v) is 7.84. The molecule has 0 aromatic carbocycles. The van der Waals surface area contributed by atoms with E-state index in [1.807, 2.05) is 6.92 Å². The minimum absolute atomic E-state index is 0.256. The molecule has 0 bridgehead atoms. The van der Waals surface area contributed by atoms with Crippen LogP contribution in [0.3, 0.4) is 0 Å². The maximum absolute atomic E-state index is 12.3. The summed E-state index contributed by atoms with van der Waals surface area (Å²) in [6.45, 7) is 3.68. The van der Waals surface area contributed by atoms with E-state index in [1.165, 1.54) is 11.3 Å². The van der Waals surface area contributed by atoms with Gasteiger partial charge in [0.25, 0.3) is 0 Å².